The highest BCUT2D eigenvalue weighted by Gasteiger charge is 2.16. The Labute approximate surface area is 116 Å². The Kier molecular flexibility index (Phi) is 2.92. The summed E-state index contributed by atoms with van der Waals surface area (Å²) in [6.45, 7) is 4.19. The highest BCUT2D eigenvalue weighted by Crippen LogP contribution is 2.27. The Morgan fingerprint density at radius 1 is 1.25 bits per heavy atom. The largest absolute Gasteiger partial charge is 0.320 e. The standard InChI is InChI=1S/C15H13N5/c1-10(2)20-14-4-3-11(8-16)7-12(14)19-15(20)13-9-17-5-6-18-13/h3-7,9-10H,1-2H3. The van der Waals surface area contributed by atoms with Crippen molar-refractivity contribution in [2.24, 2.45) is 0 Å². The van der Waals surface area contributed by atoms with Crippen LogP contribution in [-0.2, 0) is 0 Å². The topological polar surface area (TPSA) is 67.4 Å². The highest BCUT2D eigenvalue weighted by molar-refractivity contribution is 5.81. The van der Waals surface area contributed by atoms with Crippen molar-refractivity contribution in [2.45, 2.75) is 19.9 Å². The van der Waals surface area contributed by atoms with Crippen molar-refractivity contribution in [3.05, 3.63) is 42.4 Å². The van der Waals surface area contributed by atoms with Gasteiger partial charge in [-0.25, -0.2) is 9.97 Å². The van der Waals surface area contributed by atoms with Gasteiger partial charge in [0.25, 0.3) is 0 Å². The quantitative estimate of drug-likeness (QED) is 0.713. The Balaban J connectivity index is 2.32. The van der Waals surface area contributed by atoms with Gasteiger partial charge in [-0.05, 0) is 32.0 Å². The summed E-state index contributed by atoms with van der Waals surface area (Å²) in [6, 6.07) is 7.92. The number of hydrogen-bond donors (Lipinski definition) is 0. The average Bonchev–Trinajstić information content (AvgIpc) is 2.86. The monoisotopic (exact) mass is 263 g/mol. The second kappa shape index (κ2) is 4.74. The van der Waals surface area contributed by atoms with Crippen LogP contribution in [0.3, 0.4) is 0 Å². The van der Waals surface area contributed by atoms with E-state index < -0.39 is 0 Å². The van der Waals surface area contributed by atoms with Crippen molar-refractivity contribution in [3.8, 4) is 17.6 Å². The lowest BCUT2D eigenvalue weighted by molar-refractivity contribution is 0.623. The maximum absolute atomic E-state index is 8.99. The lowest BCUT2D eigenvalue weighted by Crippen LogP contribution is -2.04. The van der Waals surface area contributed by atoms with E-state index in [1.54, 1.807) is 24.7 Å². The molecule has 0 spiro atoms. The number of imidazole rings is 1. The molecular weight excluding hydrogens is 250 g/mol. The summed E-state index contributed by atoms with van der Waals surface area (Å²) in [7, 11) is 0. The fraction of sp³-hybridized carbons (Fsp3) is 0.200. The zero-order valence-corrected chi connectivity index (χ0v) is 11.3. The predicted molar refractivity (Wildman–Crippen MR) is 75.9 cm³/mol. The van der Waals surface area contributed by atoms with Crippen molar-refractivity contribution in [2.75, 3.05) is 0 Å². The van der Waals surface area contributed by atoms with Crippen LogP contribution in [0.5, 0.6) is 0 Å². The van der Waals surface area contributed by atoms with Gasteiger partial charge in [-0.2, -0.15) is 5.26 Å². The Morgan fingerprint density at radius 2 is 2.10 bits per heavy atom. The van der Waals surface area contributed by atoms with E-state index >= 15 is 0 Å². The predicted octanol–water partition coefficient (Wildman–Crippen LogP) is 2.95. The number of nitriles is 1. The number of fused-ring (bicyclic) bond motifs is 1. The van der Waals surface area contributed by atoms with Crippen LogP contribution in [0.4, 0.5) is 0 Å². The van der Waals surface area contributed by atoms with Crippen LogP contribution in [0.1, 0.15) is 25.5 Å². The van der Waals surface area contributed by atoms with Gasteiger partial charge in [0.1, 0.15) is 5.69 Å². The van der Waals surface area contributed by atoms with Crippen molar-refractivity contribution in [1.82, 2.24) is 19.5 Å². The molecular formula is C15H13N5. The second-order valence-corrected chi connectivity index (χ2v) is 4.81. The summed E-state index contributed by atoms with van der Waals surface area (Å²) in [6.07, 6.45) is 4.99. The Hall–Kier alpha value is -2.74. The van der Waals surface area contributed by atoms with Crippen molar-refractivity contribution >= 4 is 11.0 Å². The molecule has 0 saturated heterocycles. The van der Waals surface area contributed by atoms with Crippen LogP contribution >= 0.6 is 0 Å². The lowest BCUT2D eigenvalue weighted by Gasteiger charge is -2.12. The van der Waals surface area contributed by atoms with E-state index in [9.17, 15) is 0 Å². The Bertz CT molecular complexity index is 796. The number of hydrogen-bond acceptors (Lipinski definition) is 4. The fourth-order valence-corrected chi connectivity index (χ4v) is 2.29. The smallest absolute Gasteiger partial charge is 0.161 e. The van der Waals surface area contributed by atoms with Crippen LogP contribution in [-0.4, -0.2) is 19.5 Å². The number of aromatic nitrogens is 4. The molecule has 2 aromatic heterocycles. The summed E-state index contributed by atoms with van der Waals surface area (Å²) in [5.41, 5.74) is 3.14. The summed E-state index contributed by atoms with van der Waals surface area (Å²) >= 11 is 0. The molecule has 0 aliphatic heterocycles. The molecule has 3 aromatic rings. The van der Waals surface area contributed by atoms with Gasteiger partial charge in [0.05, 0.1) is 28.9 Å². The van der Waals surface area contributed by atoms with Gasteiger partial charge >= 0.3 is 0 Å². The molecule has 2 heterocycles. The van der Waals surface area contributed by atoms with Gasteiger partial charge in [-0.15, -0.1) is 0 Å². The summed E-state index contributed by atoms with van der Waals surface area (Å²) < 4.78 is 2.11. The molecule has 20 heavy (non-hydrogen) atoms. The number of benzene rings is 1. The lowest BCUT2D eigenvalue weighted by atomic mass is 10.2. The van der Waals surface area contributed by atoms with Crippen molar-refractivity contribution < 1.29 is 0 Å². The number of nitrogens with zero attached hydrogens (tertiary/aromatic N) is 5. The normalized spacial score (nSPS) is 10.9. The molecule has 0 atom stereocenters. The van der Waals surface area contributed by atoms with Gasteiger partial charge in [0.2, 0.25) is 0 Å². The van der Waals surface area contributed by atoms with Crippen molar-refractivity contribution in [1.29, 1.82) is 5.26 Å². The minimum atomic E-state index is 0.241. The van der Waals surface area contributed by atoms with Crippen LogP contribution in [0.2, 0.25) is 0 Å². The highest BCUT2D eigenvalue weighted by atomic mass is 15.1. The minimum absolute atomic E-state index is 0.241. The average molecular weight is 263 g/mol. The molecule has 0 bridgehead atoms. The third-order valence-electron chi connectivity index (χ3n) is 3.13. The molecule has 0 amide bonds. The van der Waals surface area contributed by atoms with Crippen LogP contribution < -0.4 is 0 Å². The molecule has 5 heteroatoms. The number of rotatable bonds is 2. The molecule has 1 aromatic carbocycles. The molecule has 0 saturated carbocycles. The SMILES string of the molecule is CC(C)n1c(-c2cnccn2)nc2cc(C#N)ccc21. The van der Waals surface area contributed by atoms with Gasteiger partial charge in [0.15, 0.2) is 5.82 Å². The maximum Gasteiger partial charge on any atom is 0.161 e. The van der Waals surface area contributed by atoms with E-state index in [1.165, 1.54) is 0 Å². The first kappa shape index (κ1) is 12.3. The van der Waals surface area contributed by atoms with Crippen LogP contribution in [0.25, 0.3) is 22.6 Å². The first-order chi connectivity index (χ1) is 9.70. The van der Waals surface area contributed by atoms with E-state index in [4.69, 9.17) is 5.26 Å². The molecule has 0 radical (unpaired) electrons. The van der Waals surface area contributed by atoms with E-state index in [1.807, 2.05) is 12.1 Å². The van der Waals surface area contributed by atoms with Gasteiger partial charge in [-0.3, -0.25) is 4.98 Å². The molecule has 98 valence electrons. The van der Waals surface area contributed by atoms with Crippen LogP contribution in [0.15, 0.2) is 36.8 Å². The molecule has 0 N–H and O–H groups in total. The molecule has 0 aliphatic rings. The first-order valence-corrected chi connectivity index (χ1v) is 6.39. The van der Waals surface area contributed by atoms with Gasteiger partial charge in [0, 0.05) is 18.4 Å². The zero-order valence-electron chi connectivity index (χ0n) is 11.3. The summed E-state index contributed by atoms with van der Waals surface area (Å²) in [5, 5.41) is 8.99. The molecule has 0 aliphatic carbocycles. The molecule has 0 fully saturated rings. The molecule has 0 unspecified atom stereocenters. The summed E-state index contributed by atoms with van der Waals surface area (Å²) in [4.78, 5) is 13.0. The molecule has 3 rings (SSSR count). The van der Waals surface area contributed by atoms with Crippen LogP contribution in [0, 0.1) is 11.3 Å². The second-order valence-electron chi connectivity index (χ2n) is 4.81. The van der Waals surface area contributed by atoms with E-state index in [2.05, 4.69) is 39.4 Å². The zero-order chi connectivity index (χ0) is 14.1. The summed E-state index contributed by atoms with van der Waals surface area (Å²) in [5.74, 6) is 0.776. The van der Waals surface area contributed by atoms with Gasteiger partial charge in [-0.1, -0.05) is 0 Å². The van der Waals surface area contributed by atoms with E-state index in [0.29, 0.717) is 5.56 Å². The van der Waals surface area contributed by atoms with Crippen molar-refractivity contribution in [3.63, 3.8) is 0 Å². The van der Waals surface area contributed by atoms with Gasteiger partial charge < -0.3 is 4.57 Å². The third kappa shape index (κ3) is 1.91. The van der Waals surface area contributed by atoms with E-state index in [-0.39, 0.29) is 6.04 Å². The Morgan fingerprint density at radius 3 is 2.75 bits per heavy atom. The van der Waals surface area contributed by atoms with E-state index in [0.717, 1.165) is 22.6 Å². The minimum Gasteiger partial charge on any atom is -0.320 e. The third-order valence-corrected chi connectivity index (χ3v) is 3.13. The maximum atomic E-state index is 8.99. The molecule has 5 nitrogen and oxygen atoms in total. The fourth-order valence-electron chi connectivity index (χ4n) is 2.29. The first-order valence-electron chi connectivity index (χ1n) is 6.39.